The summed E-state index contributed by atoms with van der Waals surface area (Å²) in [6.45, 7) is 0.521. The maximum atomic E-state index is 13.2. The van der Waals surface area contributed by atoms with Crippen molar-refractivity contribution in [2.24, 2.45) is 0 Å². The van der Waals surface area contributed by atoms with Crippen molar-refractivity contribution in [2.45, 2.75) is 6.61 Å². The largest absolute Gasteiger partial charge is 0.489 e. The van der Waals surface area contributed by atoms with Crippen LogP contribution in [0.4, 0.5) is 10.1 Å². The molecule has 0 saturated heterocycles. The number of benzene rings is 2. The Morgan fingerprint density at radius 2 is 2.04 bits per heavy atom. The van der Waals surface area contributed by atoms with Gasteiger partial charge >= 0.3 is 0 Å². The van der Waals surface area contributed by atoms with Crippen LogP contribution in [0, 0.1) is 5.82 Å². The van der Waals surface area contributed by atoms with Crippen LogP contribution >= 0.6 is 22.9 Å². The van der Waals surface area contributed by atoms with E-state index in [-0.39, 0.29) is 17.7 Å². The van der Waals surface area contributed by atoms with Crippen molar-refractivity contribution < 1.29 is 23.4 Å². The molecule has 0 aliphatic carbocycles. The van der Waals surface area contributed by atoms with Crippen LogP contribution in [0.3, 0.4) is 0 Å². The lowest BCUT2D eigenvalue weighted by Gasteiger charge is -2.06. The fraction of sp³-hybridized carbons (Fsp3) is 0.105. The monoisotopic (exact) mass is 405 g/mol. The molecule has 1 amide bonds. The highest BCUT2D eigenvalue weighted by molar-refractivity contribution is 7.12. The van der Waals surface area contributed by atoms with E-state index in [0.717, 1.165) is 5.56 Å². The SMILES string of the molecule is O=C(Nc1ccc(F)c(Cl)c1)c1cc(COc2ccc3c(c2)OCO3)cs1. The number of rotatable bonds is 5. The van der Waals surface area contributed by atoms with Gasteiger partial charge in [-0.1, -0.05) is 11.6 Å². The van der Waals surface area contributed by atoms with Gasteiger partial charge in [-0.3, -0.25) is 4.79 Å². The fourth-order valence-corrected chi connectivity index (χ4v) is 3.44. The summed E-state index contributed by atoms with van der Waals surface area (Å²) in [5.74, 6) is 1.16. The first-order valence-corrected chi connectivity index (χ1v) is 9.20. The summed E-state index contributed by atoms with van der Waals surface area (Å²) in [6, 6.07) is 11.1. The number of amides is 1. The van der Waals surface area contributed by atoms with Gasteiger partial charge in [-0.15, -0.1) is 11.3 Å². The Morgan fingerprint density at radius 1 is 1.19 bits per heavy atom. The fourth-order valence-electron chi connectivity index (χ4n) is 2.47. The molecule has 3 aromatic rings. The number of halogens is 2. The van der Waals surface area contributed by atoms with E-state index in [0.29, 0.717) is 34.4 Å². The van der Waals surface area contributed by atoms with E-state index < -0.39 is 5.82 Å². The number of anilines is 1. The number of fused-ring (bicyclic) bond motifs is 1. The third kappa shape index (κ3) is 3.99. The molecule has 0 bridgehead atoms. The van der Waals surface area contributed by atoms with Crippen LogP contribution in [0.15, 0.2) is 47.8 Å². The van der Waals surface area contributed by atoms with Crippen LogP contribution in [-0.4, -0.2) is 12.7 Å². The molecule has 1 aromatic heterocycles. The summed E-state index contributed by atoms with van der Waals surface area (Å²) in [7, 11) is 0. The second-order valence-corrected chi connectivity index (χ2v) is 7.02. The molecule has 0 radical (unpaired) electrons. The van der Waals surface area contributed by atoms with Gasteiger partial charge in [0.25, 0.3) is 5.91 Å². The van der Waals surface area contributed by atoms with E-state index in [9.17, 15) is 9.18 Å². The van der Waals surface area contributed by atoms with E-state index in [4.69, 9.17) is 25.8 Å². The first kappa shape index (κ1) is 17.6. The second-order valence-electron chi connectivity index (χ2n) is 5.71. The normalized spacial score (nSPS) is 12.1. The van der Waals surface area contributed by atoms with Gasteiger partial charge in [0.1, 0.15) is 18.2 Å². The Balaban J connectivity index is 1.37. The van der Waals surface area contributed by atoms with Gasteiger partial charge in [-0.25, -0.2) is 4.39 Å². The van der Waals surface area contributed by atoms with E-state index in [1.807, 2.05) is 5.38 Å². The molecule has 8 heteroatoms. The number of hydrogen-bond acceptors (Lipinski definition) is 5. The molecular formula is C19H13ClFNO4S. The van der Waals surface area contributed by atoms with Crippen molar-refractivity contribution in [1.29, 1.82) is 0 Å². The quantitative estimate of drug-likeness (QED) is 0.641. The summed E-state index contributed by atoms with van der Waals surface area (Å²) < 4.78 is 29.5. The molecule has 0 fully saturated rings. The van der Waals surface area contributed by atoms with E-state index in [1.165, 1.54) is 29.5 Å². The highest BCUT2D eigenvalue weighted by Gasteiger charge is 2.14. The Bertz CT molecular complexity index is 1010. The van der Waals surface area contributed by atoms with E-state index in [1.54, 1.807) is 24.3 Å². The zero-order valence-corrected chi connectivity index (χ0v) is 15.4. The van der Waals surface area contributed by atoms with E-state index in [2.05, 4.69) is 5.32 Å². The number of nitrogens with one attached hydrogen (secondary N) is 1. The van der Waals surface area contributed by atoms with Gasteiger partial charge in [0.2, 0.25) is 6.79 Å². The maximum Gasteiger partial charge on any atom is 0.265 e. The number of carbonyl (C=O) groups excluding carboxylic acids is 1. The van der Waals surface area contributed by atoms with Crippen molar-refractivity contribution in [3.63, 3.8) is 0 Å². The molecule has 0 spiro atoms. The number of ether oxygens (including phenoxy) is 3. The summed E-state index contributed by atoms with van der Waals surface area (Å²) in [6.07, 6.45) is 0. The summed E-state index contributed by atoms with van der Waals surface area (Å²) >= 11 is 7.02. The zero-order valence-electron chi connectivity index (χ0n) is 13.8. The maximum absolute atomic E-state index is 13.2. The predicted molar refractivity (Wildman–Crippen MR) is 101 cm³/mol. The van der Waals surface area contributed by atoms with Gasteiger partial charge < -0.3 is 19.5 Å². The summed E-state index contributed by atoms with van der Waals surface area (Å²) in [5.41, 5.74) is 1.29. The van der Waals surface area contributed by atoms with Gasteiger partial charge in [0.05, 0.1) is 9.90 Å². The molecule has 0 unspecified atom stereocenters. The molecular weight excluding hydrogens is 393 g/mol. The third-order valence-corrected chi connectivity index (χ3v) is 5.07. The third-order valence-electron chi connectivity index (χ3n) is 3.80. The van der Waals surface area contributed by atoms with Crippen LogP contribution in [0.5, 0.6) is 17.2 Å². The molecule has 1 aliphatic rings. The molecule has 2 aromatic carbocycles. The van der Waals surface area contributed by atoms with Crippen LogP contribution in [-0.2, 0) is 6.61 Å². The summed E-state index contributed by atoms with van der Waals surface area (Å²) in [4.78, 5) is 12.8. The molecule has 0 atom stereocenters. The molecule has 1 N–H and O–H groups in total. The highest BCUT2D eigenvalue weighted by atomic mass is 35.5. The van der Waals surface area contributed by atoms with Crippen LogP contribution < -0.4 is 19.5 Å². The summed E-state index contributed by atoms with van der Waals surface area (Å²) in [5, 5.41) is 4.49. The number of hydrogen-bond donors (Lipinski definition) is 1. The smallest absolute Gasteiger partial charge is 0.265 e. The number of carbonyl (C=O) groups is 1. The van der Waals surface area contributed by atoms with Crippen LogP contribution in [0.1, 0.15) is 15.2 Å². The van der Waals surface area contributed by atoms with Crippen LogP contribution in [0.25, 0.3) is 0 Å². The van der Waals surface area contributed by atoms with Crippen molar-refractivity contribution in [3.8, 4) is 17.2 Å². The molecule has 4 rings (SSSR count). The molecule has 1 aliphatic heterocycles. The Labute approximate surface area is 163 Å². The minimum Gasteiger partial charge on any atom is -0.489 e. The first-order chi connectivity index (χ1) is 13.1. The molecule has 0 saturated carbocycles. The molecule has 2 heterocycles. The minimum atomic E-state index is -0.534. The second kappa shape index (κ2) is 7.46. The standard InChI is InChI=1S/C19H13ClFNO4S/c20-14-6-12(1-3-15(14)21)22-19(23)18-5-11(9-27-18)8-24-13-2-4-16-17(7-13)26-10-25-16/h1-7,9H,8,10H2,(H,22,23). The van der Waals surface area contributed by atoms with Crippen LogP contribution in [0.2, 0.25) is 5.02 Å². The number of thiophene rings is 1. The van der Waals surface area contributed by atoms with Gasteiger partial charge in [0, 0.05) is 17.3 Å². The highest BCUT2D eigenvalue weighted by Crippen LogP contribution is 2.35. The first-order valence-electron chi connectivity index (χ1n) is 7.95. The topological polar surface area (TPSA) is 56.8 Å². The average molecular weight is 406 g/mol. The van der Waals surface area contributed by atoms with Gasteiger partial charge in [0.15, 0.2) is 11.5 Å². The van der Waals surface area contributed by atoms with Crippen molar-refractivity contribution in [1.82, 2.24) is 0 Å². The Kier molecular flexibility index (Phi) is 4.87. The van der Waals surface area contributed by atoms with Gasteiger partial charge in [-0.05, 0) is 41.8 Å². The molecule has 5 nitrogen and oxygen atoms in total. The Morgan fingerprint density at radius 3 is 2.89 bits per heavy atom. The minimum absolute atomic E-state index is 0.0446. The average Bonchev–Trinajstić information content (AvgIpc) is 3.31. The Hall–Kier alpha value is -2.77. The lowest BCUT2D eigenvalue weighted by atomic mass is 10.2. The van der Waals surface area contributed by atoms with Crippen molar-refractivity contribution in [2.75, 3.05) is 12.1 Å². The van der Waals surface area contributed by atoms with Crippen molar-refractivity contribution in [3.05, 3.63) is 69.1 Å². The molecule has 27 heavy (non-hydrogen) atoms. The lowest BCUT2D eigenvalue weighted by molar-refractivity contribution is 0.103. The molecule has 138 valence electrons. The predicted octanol–water partition coefficient (Wildman–Crippen LogP) is 5.10. The van der Waals surface area contributed by atoms with E-state index >= 15 is 0 Å². The van der Waals surface area contributed by atoms with Crippen molar-refractivity contribution >= 4 is 34.5 Å². The lowest BCUT2D eigenvalue weighted by Crippen LogP contribution is -2.10. The van der Waals surface area contributed by atoms with Gasteiger partial charge in [-0.2, -0.15) is 0 Å². The zero-order chi connectivity index (χ0) is 18.8.